The second kappa shape index (κ2) is 2.69. The molecule has 0 saturated carbocycles. The lowest BCUT2D eigenvalue weighted by atomic mass is 9.82. The standard InChI is InChI=1S/C11H16O2/c1-9-3-4-10(2,7-9)8-11(12)5-6-13-11/h3-4,7,12H,5-6,8H2,1-2H3. The molecule has 0 spiro atoms. The van der Waals surface area contributed by atoms with Crippen LogP contribution in [-0.4, -0.2) is 17.5 Å². The highest BCUT2D eigenvalue weighted by molar-refractivity contribution is 5.31. The first-order valence-corrected chi connectivity index (χ1v) is 4.77. The van der Waals surface area contributed by atoms with Crippen molar-refractivity contribution in [1.82, 2.24) is 0 Å². The van der Waals surface area contributed by atoms with Crippen LogP contribution in [-0.2, 0) is 4.74 Å². The van der Waals surface area contributed by atoms with Gasteiger partial charge in [-0.05, 0) is 6.92 Å². The van der Waals surface area contributed by atoms with Gasteiger partial charge in [0.15, 0.2) is 5.79 Å². The van der Waals surface area contributed by atoms with Crippen LogP contribution in [0.1, 0.15) is 26.7 Å². The lowest BCUT2D eigenvalue weighted by Crippen LogP contribution is -2.46. The van der Waals surface area contributed by atoms with E-state index in [2.05, 4.69) is 32.1 Å². The zero-order valence-electron chi connectivity index (χ0n) is 8.21. The highest BCUT2D eigenvalue weighted by atomic mass is 16.6. The van der Waals surface area contributed by atoms with E-state index in [4.69, 9.17) is 4.74 Å². The number of hydrogen-bond acceptors (Lipinski definition) is 2. The summed E-state index contributed by atoms with van der Waals surface area (Å²) < 4.78 is 5.17. The fourth-order valence-electron chi connectivity index (χ4n) is 2.12. The minimum Gasteiger partial charge on any atom is -0.365 e. The summed E-state index contributed by atoms with van der Waals surface area (Å²) >= 11 is 0. The summed E-state index contributed by atoms with van der Waals surface area (Å²) in [6, 6.07) is 0. The molecular weight excluding hydrogens is 164 g/mol. The largest absolute Gasteiger partial charge is 0.365 e. The molecule has 1 aliphatic carbocycles. The predicted octanol–water partition coefficient (Wildman–Crippen LogP) is 2.01. The SMILES string of the molecule is CC1=CC(C)(CC2(O)CCO2)C=C1. The minimum absolute atomic E-state index is 0.0146. The van der Waals surface area contributed by atoms with Crippen molar-refractivity contribution in [2.75, 3.05) is 6.61 Å². The number of allylic oxidation sites excluding steroid dienone is 4. The predicted molar refractivity (Wildman–Crippen MR) is 51.1 cm³/mol. The third-order valence-corrected chi connectivity index (χ3v) is 2.80. The second-order valence-electron chi connectivity index (χ2n) is 4.45. The molecule has 2 nitrogen and oxygen atoms in total. The number of aliphatic hydroxyl groups is 1. The van der Waals surface area contributed by atoms with Crippen molar-refractivity contribution in [3.63, 3.8) is 0 Å². The Kier molecular flexibility index (Phi) is 1.86. The van der Waals surface area contributed by atoms with Crippen LogP contribution in [0, 0.1) is 5.41 Å². The van der Waals surface area contributed by atoms with Gasteiger partial charge >= 0.3 is 0 Å². The Morgan fingerprint density at radius 3 is 2.69 bits per heavy atom. The van der Waals surface area contributed by atoms with E-state index in [0.29, 0.717) is 13.0 Å². The normalized spacial score (nSPS) is 43.2. The molecule has 1 N–H and O–H groups in total. The molecule has 0 amide bonds. The van der Waals surface area contributed by atoms with Crippen LogP contribution in [0.4, 0.5) is 0 Å². The molecule has 0 aromatic heterocycles. The van der Waals surface area contributed by atoms with Crippen molar-refractivity contribution in [1.29, 1.82) is 0 Å². The Bertz CT molecular complexity index is 274. The van der Waals surface area contributed by atoms with Gasteiger partial charge in [-0.2, -0.15) is 0 Å². The van der Waals surface area contributed by atoms with Crippen molar-refractivity contribution >= 4 is 0 Å². The molecule has 13 heavy (non-hydrogen) atoms. The molecule has 1 saturated heterocycles. The van der Waals surface area contributed by atoms with Gasteiger partial charge in [-0.15, -0.1) is 0 Å². The third-order valence-electron chi connectivity index (χ3n) is 2.80. The highest BCUT2D eigenvalue weighted by Gasteiger charge is 2.41. The average Bonchev–Trinajstić information content (AvgIpc) is 2.28. The summed E-state index contributed by atoms with van der Waals surface area (Å²) in [5, 5.41) is 9.84. The molecule has 0 aromatic carbocycles. The average molecular weight is 180 g/mol. The van der Waals surface area contributed by atoms with Gasteiger partial charge in [0.2, 0.25) is 0 Å². The van der Waals surface area contributed by atoms with Gasteiger partial charge in [-0.25, -0.2) is 0 Å². The van der Waals surface area contributed by atoms with E-state index in [1.54, 1.807) is 0 Å². The van der Waals surface area contributed by atoms with E-state index in [9.17, 15) is 5.11 Å². The van der Waals surface area contributed by atoms with Crippen LogP contribution in [0.3, 0.4) is 0 Å². The fraction of sp³-hybridized carbons (Fsp3) is 0.636. The molecule has 1 heterocycles. The van der Waals surface area contributed by atoms with Crippen LogP contribution in [0.25, 0.3) is 0 Å². The van der Waals surface area contributed by atoms with Crippen LogP contribution in [0.5, 0.6) is 0 Å². The molecular formula is C11H16O2. The first-order valence-electron chi connectivity index (χ1n) is 4.77. The van der Waals surface area contributed by atoms with Gasteiger partial charge in [-0.3, -0.25) is 0 Å². The van der Waals surface area contributed by atoms with E-state index in [1.807, 2.05) is 0 Å². The Morgan fingerprint density at radius 1 is 1.62 bits per heavy atom. The monoisotopic (exact) mass is 180 g/mol. The summed E-state index contributed by atoms with van der Waals surface area (Å²) in [5.74, 6) is -0.861. The Morgan fingerprint density at radius 2 is 2.31 bits per heavy atom. The Balaban J connectivity index is 2.06. The van der Waals surface area contributed by atoms with Crippen molar-refractivity contribution in [2.45, 2.75) is 32.5 Å². The van der Waals surface area contributed by atoms with E-state index < -0.39 is 5.79 Å². The maximum absolute atomic E-state index is 9.84. The molecule has 72 valence electrons. The van der Waals surface area contributed by atoms with Gasteiger partial charge in [0, 0.05) is 18.3 Å². The van der Waals surface area contributed by atoms with Crippen LogP contribution < -0.4 is 0 Å². The first kappa shape index (κ1) is 8.97. The van der Waals surface area contributed by atoms with E-state index >= 15 is 0 Å². The van der Waals surface area contributed by atoms with Crippen molar-refractivity contribution in [3.8, 4) is 0 Å². The summed E-state index contributed by atoms with van der Waals surface area (Å²) in [6.45, 7) is 4.89. The Labute approximate surface area is 78.9 Å². The highest BCUT2D eigenvalue weighted by Crippen LogP contribution is 2.41. The number of ether oxygens (including phenoxy) is 1. The van der Waals surface area contributed by atoms with Crippen molar-refractivity contribution in [3.05, 3.63) is 23.8 Å². The first-order chi connectivity index (χ1) is 6.02. The summed E-state index contributed by atoms with van der Waals surface area (Å²) in [7, 11) is 0. The molecule has 0 radical (unpaired) electrons. The smallest absolute Gasteiger partial charge is 0.168 e. The van der Waals surface area contributed by atoms with Crippen LogP contribution in [0.15, 0.2) is 23.8 Å². The topological polar surface area (TPSA) is 29.5 Å². The zero-order chi connectivity index (χ0) is 9.53. The molecule has 2 atom stereocenters. The van der Waals surface area contributed by atoms with E-state index in [0.717, 1.165) is 6.42 Å². The molecule has 0 bridgehead atoms. The molecule has 1 aliphatic heterocycles. The summed E-state index contributed by atoms with van der Waals surface area (Å²) in [6.07, 6.45) is 7.87. The number of rotatable bonds is 2. The quantitative estimate of drug-likeness (QED) is 0.704. The van der Waals surface area contributed by atoms with Gasteiger partial charge < -0.3 is 9.84 Å². The van der Waals surface area contributed by atoms with Gasteiger partial charge in [0.05, 0.1) is 6.61 Å². The lowest BCUT2D eigenvalue weighted by Gasteiger charge is -2.40. The van der Waals surface area contributed by atoms with Crippen molar-refractivity contribution in [2.24, 2.45) is 5.41 Å². The second-order valence-corrected chi connectivity index (χ2v) is 4.45. The lowest BCUT2D eigenvalue weighted by molar-refractivity contribution is -0.291. The third kappa shape index (κ3) is 1.69. The molecule has 0 aromatic rings. The zero-order valence-corrected chi connectivity index (χ0v) is 8.21. The summed E-state index contributed by atoms with van der Waals surface area (Å²) in [5.41, 5.74) is 1.25. The Hall–Kier alpha value is -0.600. The van der Waals surface area contributed by atoms with Crippen molar-refractivity contribution < 1.29 is 9.84 Å². The molecule has 2 heteroatoms. The fourth-order valence-corrected chi connectivity index (χ4v) is 2.12. The maximum atomic E-state index is 9.84. The molecule has 1 fully saturated rings. The van der Waals surface area contributed by atoms with Crippen LogP contribution >= 0.6 is 0 Å². The van der Waals surface area contributed by atoms with Gasteiger partial charge in [0.1, 0.15) is 0 Å². The van der Waals surface area contributed by atoms with Crippen LogP contribution in [0.2, 0.25) is 0 Å². The molecule has 2 rings (SSSR count). The molecule has 2 aliphatic rings. The maximum Gasteiger partial charge on any atom is 0.168 e. The minimum atomic E-state index is -0.861. The van der Waals surface area contributed by atoms with E-state index in [1.165, 1.54) is 5.57 Å². The molecule has 2 unspecified atom stereocenters. The van der Waals surface area contributed by atoms with Gasteiger partial charge in [-0.1, -0.05) is 30.7 Å². The summed E-state index contributed by atoms with van der Waals surface area (Å²) in [4.78, 5) is 0. The number of hydrogen-bond donors (Lipinski definition) is 1. The van der Waals surface area contributed by atoms with E-state index in [-0.39, 0.29) is 5.41 Å². The van der Waals surface area contributed by atoms with Gasteiger partial charge in [0.25, 0.3) is 0 Å².